The van der Waals surface area contributed by atoms with Crippen LogP contribution in [0.4, 0.5) is 5.82 Å². The third-order valence-electron chi connectivity index (χ3n) is 3.79. The van der Waals surface area contributed by atoms with E-state index in [1.807, 2.05) is 6.07 Å². The standard InChI is InChI=1S/C15H13N3O/c16-14-13-12(7-8-19-13)17-15(18-14)11-6-5-9-3-1-2-4-10(9)11/h1-4,7-8,11H,5-6H2,(H2,16,17,18)/t11-/m0/s1. The zero-order chi connectivity index (χ0) is 12.8. The fourth-order valence-corrected chi connectivity index (χ4v) is 2.89. The first-order valence-corrected chi connectivity index (χ1v) is 6.41. The van der Waals surface area contributed by atoms with Gasteiger partial charge >= 0.3 is 0 Å². The fraction of sp³-hybridized carbons (Fsp3) is 0.200. The van der Waals surface area contributed by atoms with Gasteiger partial charge in [-0.2, -0.15) is 0 Å². The molecule has 0 amide bonds. The lowest BCUT2D eigenvalue weighted by Crippen LogP contribution is -2.05. The number of aromatic nitrogens is 2. The molecule has 2 N–H and O–H groups in total. The Morgan fingerprint density at radius 3 is 3.00 bits per heavy atom. The first kappa shape index (κ1) is 10.6. The van der Waals surface area contributed by atoms with Crippen LogP contribution in [0.15, 0.2) is 41.0 Å². The Hall–Kier alpha value is -2.36. The van der Waals surface area contributed by atoms with Crippen LogP contribution >= 0.6 is 0 Å². The molecule has 0 aliphatic heterocycles. The number of nitrogen functional groups attached to an aromatic ring is 1. The van der Waals surface area contributed by atoms with Crippen LogP contribution < -0.4 is 5.73 Å². The molecule has 19 heavy (non-hydrogen) atoms. The highest BCUT2D eigenvalue weighted by atomic mass is 16.3. The largest absolute Gasteiger partial charge is 0.459 e. The highest BCUT2D eigenvalue weighted by molar-refractivity contribution is 5.82. The number of anilines is 1. The molecular formula is C15H13N3O. The quantitative estimate of drug-likeness (QED) is 0.722. The average Bonchev–Trinajstić information content (AvgIpc) is 3.04. The van der Waals surface area contributed by atoms with Crippen LogP contribution in [0.25, 0.3) is 11.1 Å². The molecule has 0 saturated carbocycles. The van der Waals surface area contributed by atoms with Crippen molar-refractivity contribution in [1.82, 2.24) is 9.97 Å². The normalized spacial score (nSPS) is 17.8. The SMILES string of the molecule is Nc1nc([C@H]2CCc3ccccc32)nc2ccoc12. The molecule has 0 unspecified atom stereocenters. The zero-order valence-corrected chi connectivity index (χ0v) is 10.3. The fourth-order valence-electron chi connectivity index (χ4n) is 2.89. The number of hydrogen-bond donors (Lipinski definition) is 1. The summed E-state index contributed by atoms with van der Waals surface area (Å²) in [5.74, 6) is 1.48. The van der Waals surface area contributed by atoms with E-state index in [4.69, 9.17) is 10.2 Å². The number of aryl methyl sites for hydroxylation is 1. The summed E-state index contributed by atoms with van der Waals surface area (Å²) in [4.78, 5) is 9.02. The number of hydrogen-bond acceptors (Lipinski definition) is 4. The van der Waals surface area contributed by atoms with Gasteiger partial charge in [0.1, 0.15) is 11.3 Å². The van der Waals surface area contributed by atoms with Gasteiger partial charge in [-0.05, 0) is 24.0 Å². The molecule has 1 aromatic carbocycles. The van der Waals surface area contributed by atoms with Gasteiger partial charge in [-0.1, -0.05) is 24.3 Å². The van der Waals surface area contributed by atoms with Crippen molar-refractivity contribution in [3.63, 3.8) is 0 Å². The first-order valence-electron chi connectivity index (χ1n) is 6.41. The number of benzene rings is 1. The van der Waals surface area contributed by atoms with E-state index in [-0.39, 0.29) is 5.92 Å². The Kier molecular flexibility index (Phi) is 2.12. The van der Waals surface area contributed by atoms with E-state index >= 15 is 0 Å². The zero-order valence-electron chi connectivity index (χ0n) is 10.3. The Bertz CT molecular complexity index is 763. The van der Waals surface area contributed by atoms with Gasteiger partial charge in [0.25, 0.3) is 0 Å². The van der Waals surface area contributed by atoms with Crippen molar-refractivity contribution in [1.29, 1.82) is 0 Å². The van der Waals surface area contributed by atoms with Crippen molar-refractivity contribution in [2.45, 2.75) is 18.8 Å². The number of nitrogens with zero attached hydrogens (tertiary/aromatic N) is 2. The summed E-state index contributed by atoms with van der Waals surface area (Å²) in [6.45, 7) is 0. The van der Waals surface area contributed by atoms with E-state index in [1.54, 1.807) is 6.26 Å². The lowest BCUT2D eigenvalue weighted by molar-refractivity contribution is 0.613. The van der Waals surface area contributed by atoms with E-state index in [0.29, 0.717) is 11.4 Å². The second kappa shape index (κ2) is 3.82. The van der Waals surface area contributed by atoms with Crippen molar-refractivity contribution in [3.05, 3.63) is 53.5 Å². The van der Waals surface area contributed by atoms with Gasteiger partial charge in [-0.3, -0.25) is 0 Å². The number of nitrogens with two attached hydrogens (primary N) is 1. The summed E-state index contributed by atoms with van der Waals surface area (Å²) in [5, 5.41) is 0. The summed E-state index contributed by atoms with van der Waals surface area (Å²) in [5.41, 5.74) is 10.0. The van der Waals surface area contributed by atoms with Gasteiger partial charge in [-0.15, -0.1) is 0 Å². The van der Waals surface area contributed by atoms with E-state index < -0.39 is 0 Å². The Balaban J connectivity index is 1.87. The van der Waals surface area contributed by atoms with Gasteiger partial charge in [0.15, 0.2) is 11.4 Å². The minimum absolute atomic E-state index is 0.248. The predicted octanol–water partition coefficient (Wildman–Crippen LogP) is 2.88. The monoisotopic (exact) mass is 251 g/mol. The third kappa shape index (κ3) is 1.53. The van der Waals surface area contributed by atoms with E-state index in [2.05, 4.69) is 34.2 Å². The lowest BCUT2D eigenvalue weighted by Gasteiger charge is -2.10. The molecular weight excluding hydrogens is 238 g/mol. The van der Waals surface area contributed by atoms with Crippen LogP contribution in [-0.2, 0) is 6.42 Å². The van der Waals surface area contributed by atoms with E-state index in [1.165, 1.54) is 11.1 Å². The molecule has 0 radical (unpaired) electrons. The molecule has 1 atom stereocenters. The molecule has 4 heteroatoms. The molecule has 0 bridgehead atoms. The first-order chi connectivity index (χ1) is 9.33. The Morgan fingerprint density at radius 2 is 2.05 bits per heavy atom. The number of rotatable bonds is 1. The molecule has 4 nitrogen and oxygen atoms in total. The van der Waals surface area contributed by atoms with Crippen LogP contribution in [0.1, 0.15) is 29.3 Å². The third-order valence-corrected chi connectivity index (χ3v) is 3.79. The molecule has 94 valence electrons. The second-order valence-electron chi connectivity index (χ2n) is 4.89. The van der Waals surface area contributed by atoms with E-state index in [0.717, 1.165) is 24.2 Å². The van der Waals surface area contributed by atoms with Crippen molar-refractivity contribution < 1.29 is 4.42 Å². The van der Waals surface area contributed by atoms with Crippen LogP contribution in [0.3, 0.4) is 0 Å². The van der Waals surface area contributed by atoms with Crippen LogP contribution in [0.5, 0.6) is 0 Å². The molecule has 0 fully saturated rings. The topological polar surface area (TPSA) is 64.9 Å². The van der Waals surface area contributed by atoms with Crippen LogP contribution in [-0.4, -0.2) is 9.97 Å². The van der Waals surface area contributed by atoms with Crippen molar-refractivity contribution in [2.75, 3.05) is 5.73 Å². The van der Waals surface area contributed by atoms with Crippen molar-refractivity contribution in [2.24, 2.45) is 0 Å². The highest BCUT2D eigenvalue weighted by Gasteiger charge is 2.26. The van der Waals surface area contributed by atoms with Crippen molar-refractivity contribution in [3.8, 4) is 0 Å². The minimum atomic E-state index is 0.248. The highest BCUT2D eigenvalue weighted by Crippen LogP contribution is 2.37. The van der Waals surface area contributed by atoms with Gasteiger partial charge in [0.05, 0.1) is 6.26 Å². The summed E-state index contributed by atoms with van der Waals surface area (Å²) in [6.07, 6.45) is 3.72. The summed E-state index contributed by atoms with van der Waals surface area (Å²) in [7, 11) is 0. The van der Waals surface area contributed by atoms with Crippen molar-refractivity contribution >= 4 is 16.9 Å². The molecule has 1 aliphatic rings. The predicted molar refractivity (Wildman–Crippen MR) is 72.8 cm³/mol. The lowest BCUT2D eigenvalue weighted by atomic mass is 10.0. The molecule has 2 heterocycles. The number of furan rings is 1. The summed E-state index contributed by atoms with van der Waals surface area (Å²) >= 11 is 0. The maximum Gasteiger partial charge on any atom is 0.194 e. The van der Waals surface area contributed by atoms with Crippen LogP contribution in [0, 0.1) is 0 Å². The summed E-state index contributed by atoms with van der Waals surface area (Å²) in [6, 6.07) is 10.3. The van der Waals surface area contributed by atoms with Gasteiger partial charge in [0.2, 0.25) is 0 Å². The molecule has 2 aromatic heterocycles. The van der Waals surface area contributed by atoms with Gasteiger partial charge in [0, 0.05) is 12.0 Å². The number of fused-ring (bicyclic) bond motifs is 2. The van der Waals surface area contributed by atoms with Gasteiger partial charge in [-0.25, -0.2) is 9.97 Å². The Morgan fingerprint density at radius 1 is 1.16 bits per heavy atom. The molecule has 1 aliphatic carbocycles. The second-order valence-corrected chi connectivity index (χ2v) is 4.89. The Labute approximate surface area is 110 Å². The smallest absolute Gasteiger partial charge is 0.194 e. The minimum Gasteiger partial charge on any atom is -0.459 e. The van der Waals surface area contributed by atoms with Gasteiger partial charge < -0.3 is 10.2 Å². The maximum absolute atomic E-state index is 5.94. The van der Waals surface area contributed by atoms with Crippen LogP contribution in [0.2, 0.25) is 0 Å². The molecule has 3 aromatic rings. The average molecular weight is 251 g/mol. The molecule has 0 spiro atoms. The van der Waals surface area contributed by atoms with E-state index in [9.17, 15) is 0 Å². The maximum atomic E-state index is 5.94. The molecule has 0 saturated heterocycles. The molecule has 4 rings (SSSR count). The summed E-state index contributed by atoms with van der Waals surface area (Å²) < 4.78 is 5.29.